The lowest BCUT2D eigenvalue weighted by Gasteiger charge is -2.32. The number of carbonyl (C=O) groups is 2. The number of piperidine rings is 1. The summed E-state index contributed by atoms with van der Waals surface area (Å²) in [6.07, 6.45) is 7.08. The molecule has 0 radical (unpaired) electrons. The second-order valence-electron chi connectivity index (χ2n) is 17.0. The molecular formula is C43H45F2N7O4. The van der Waals surface area contributed by atoms with Gasteiger partial charge in [-0.3, -0.25) is 9.69 Å². The summed E-state index contributed by atoms with van der Waals surface area (Å²) >= 11 is 0. The predicted octanol–water partition coefficient (Wildman–Crippen LogP) is 7.65. The van der Waals surface area contributed by atoms with E-state index in [0.29, 0.717) is 52.3 Å². The first-order valence-corrected chi connectivity index (χ1v) is 19.7. The predicted molar refractivity (Wildman–Crippen MR) is 205 cm³/mol. The fraction of sp³-hybridized carbons (Fsp3) is 0.442. The van der Waals surface area contributed by atoms with Crippen LogP contribution in [0.15, 0.2) is 60.8 Å². The number of methoxy groups -OCH3 is 1. The number of hydrogen-bond donors (Lipinski definition) is 4. The molecule has 2 amide bonds. The fourth-order valence-corrected chi connectivity index (χ4v) is 10.2. The van der Waals surface area contributed by atoms with E-state index >= 15 is 8.78 Å². The molecule has 4 N–H and O–H groups in total. The van der Waals surface area contributed by atoms with Gasteiger partial charge in [-0.25, -0.2) is 14.8 Å². The molecule has 1 spiro atoms. The summed E-state index contributed by atoms with van der Waals surface area (Å²) in [6, 6.07) is 15.6. The minimum atomic E-state index is -3.23. The number of ether oxygens (including phenoxy) is 1. The summed E-state index contributed by atoms with van der Waals surface area (Å²) in [4.78, 5) is 46.4. The smallest absolute Gasteiger partial charge is 0.407 e. The van der Waals surface area contributed by atoms with Crippen molar-refractivity contribution in [3.63, 3.8) is 0 Å². The Bertz CT molecular complexity index is 2400. The number of amides is 2. The molecule has 2 aromatic heterocycles. The van der Waals surface area contributed by atoms with Gasteiger partial charge in [0.05, 0.1) is 48.8 Å². The van der Waals surface area contributed by atoms with Crippen molar-refractivity contribution in [2.75, 3.05) is 20.4 Å². The minimum absolute atomic E-state index is 0.00406. The molecule has 2 saturated carbocycles. The number of aromatic nitrogens is 4. The van der Waals surface area contributed by atoms with Gasteiger partial charge in [0.15, 0.2) is 0 Å². The van der Waals surface area contributed by atoms with Gasteiger partial charge in [-0.2, -0.15) is 8.78 Å². The Kier molecular flexibility index (Phi) is 7.99. The van der Waals surface area contributed by atoms with Gasteiger partial charge in [0.1, 0.15) is 17.7 Å². The Morgan fingerprint density at radius 3 is 2.41 bits per heavy atom. The third-order valence-electron chi connectivity index (χ3n) is 13.4. The quantitative estimate of drug-likeness (QED) is 0.127. The highest BCUT2D eigenvalue weighted by atomic mass is 19.3. The normalized spacial score (nSPS) is 24.6. The van der Waals surface area contributed by atoms with Crippen LogP contribution in [0.25, 0.3) is 44.5 Å². The first-order valence-electron chi connectivity index (χ1n) is 19.7. The zero-order valence-electron chi connectivity index (χ0n) is 31.6. The van der Waals surface area contributed by atoms with Crippen LogP contribution in [0, 0.1) is 17.3 Å². The van der Waals surface area contributed by atoms with Crippen LogP contribution in [0.1, 0.15) is 87.2 Å². The number of carbonyl (C=O) groups excluding carboxylic acids is 2. The van der Waals surface area contributed by atoms with Crippen LogP contribution >= 0.6 is 0 Å². The van der Waals surface area contributed by atoms with Crippen molar-refractivity contribution in [2.45, 2.75) is 82.5 Å². The Labute approximate surface area is 322 Å². The summed E-state index contributed by atoms with van der Waals surface area (Å²) in [6.45, 7) is 4.34. The molecule has 290 valence electrons. The van der Waals surface area contributed by atoms with Crippen LogP contribution in [0.3, 0.4) is 0 Å². The van der Waals surface area contributed by atoms with Crippen molar-refractivity contribution in [1.29, 1.82) is 0 Å². The maximum atomic E-state index is 16.5. The van der Waals surface area contributed by atoms with Gasteiger partial charge in [-0.1, -0.05) is 44.2 Å². The molecule has 2 saturated heterocycles. The van der Waals surface area contributed by atoms with Crippen LogP contribution in [0.5, 0.6) is 0 Å². The number of fused-ring (bicyclic) bond motifs is 6. The molecule has 13 heteroatoms. The van der Waals surface area contributed by atoms with E-state index < -0.39 is 18.1 Å². The summed E-state index contributed by atoms with van der Waals surface area (Å²) in [5.41, 5.74) is 5.26. The largest absolute Gasteiger partial charge is 0.453 e. The van der Waals surface area contributed by atoms with E-state index in [0.717, 1.165) is 60.9 Å². The fourth-order valence-electron chi connectivity index (χ4n) is 10.2. The number of likely N-dealkylation sites (tertiary alicyclic amines) is 2. The Balaban J connectivity index is 0.913. The standard InChI is InChI=1S/C43H45F2N7O4/c1-22(2)36(50-41(55)56-3)40(54)51-20-42(12-13-42)18-35(51)38-46-19-34(49-38)25-6-10-29-28-9-5-23(15-30(28)43(44,45)31(29)16-25)24-7-11-32-33(17-24)48-39(47-32)37-26-4-8-27(14-26)52(37)21-53/h5-7,9-11,15-17,19,22,26-27,35-37,53H,4,8,12-14,18,20-21H2,1-3H3,(H,46,49)(H,47,48)(H,50,55). The van der Waals surface area contributed by atoms with Crippen LogP contribution in [-0.4, -0.2) is 79.3 Å². The van der Waals surface area contributed by atoms with Crippen molar-refractivity contribution in [3.05, 3.63) is 83.6 Å². The summed E-state index contributed by atoms with van der Waals surface area (Å²) < 4.78 is 37.8. The van der Waals surface area contributed by atoms with Crippen LogP contribution in [0.2, 0.25) is 0 Å². The summed E-state index contributed by atoms with van der Waals surface area (Å²) in [5, 5.41) is 12.8. The van der Waals surface area contributed by atoms with Gasteiger partial charge < -0.3 is 30.0 Å². The highest BCUT2D eigenvalue weighted by Crippen LogP contribution is 2.59. The number of benzene rings is 3. The summed E-state index contributed by atoms with van der Waals surface area (Å²) in [7, 11) is 1.27. The lowest BCUT2D eigenvalue weighted by molar-refractivity contribution is -0.135. The zero-order chi connectivity index (χ0) is 38.7. The van der Waals surface area contributed by atoms with Gasteiger partial charge in [0, 0.05) is 29.3 Å². The number of imidazole rings is 2. The molecule has 2 bridgehead atoms. The van der Waals surface area contributed by atoms with Crippen molar-refractivity contribution < 1.29 is 28.2 Å². The number of alkyl halides is 2. The molecule has 56 heavy (non-hydrogen) atoms. The lowest BCUT2D eigenvalue weighted by Crippen LogP contribution is -2.51. The lowest BCUT2D eigenvalue weighted by atomic mass is 9.98. The number of alkyl carbamates (subject to hydrolysis) is 1. The number of hydrogen-bond acceptors (Lipinski definition) is 7. The maximum Gasteiger partial charge on any atom is 0.407 e. The van der Waals surface area contributed by atoms with Gasteiger partial charge >= 0.3 is 6.09 Å². The second kappa shape index (κ2) is 12.7. The monoisotopic (exact) mass is 761 g/mol. The number of aromatic amines is 2. The second-order valence-corrected chi connectivity index (χ2v) is 17.0. The molecule has 3 aromatic carbocycles. The Hall–Kier alpha value is -5.14. The van der Waals surface area contributed by atoms with Crippen molar-refractivity contribution in [2.24, 2.45) is 17.3 Å². The van der Waals surface area contributed by atoms with E-state index in [-0.39, 0.29) is 47.2 Å². The van der Waals surface area contributed by atoms with E-state index in [2.05, 4.69) is 20.2 Å². The maximum absolute atomic E-state index is 16.5. The molecule has 5 aliphatic rings. The molecule has 5 unspecified atom stereocenters. The van der Waals surface area contributed by atoms with Crippen molar-refractivity contribution in [1.82, 2.24) is 35.1 Å². The molecule has 5 aromatic rings. The number of aliphatic hydroxyl groups excluding tert-OH is 1. The van der Waals surface area contributed by atoms with Crippen LogP contribution < -0.4 is 5.32 Å². The summed E-state index contributed by atoms with van der Waals surface area (Å²) in [5.74, 6) is -1.67. The van der Waals surface area contributed by atoms with Gasteiger partial charge in [0.25, 0.3) is 5.92 Å². The Morgan fingerprint density at radius 2 is 1.70 bits per heavy atom. The van der Waals surface area contributed by atoms with E-state index in [1.165, 1.54) is 7.11 Å². The zero-order valence-corrected chi connectivity index (χ0v) is 31.6. The number of nitrogens with zero attached hydrogens (tertiary/aromatic N) is 4. The van der Waals surface area contributed by atoms with Gasteiger partial charge in [0.2, 0.25) is 5.91 Å². The van der Waals surface area contributed by atoms with Crippen LogP contribution in [0.4, 0.5) is 13.6 Å². The molecule has 4 fully saturated rings. The first-order chi connectivity index (χ1) is 27.0. The SMILES string of the molecule is COC(=O)NC(C(=O)N1CC2(CC2)CC1c1ncc(-c2ccc3c(c2)C(F)(F)c2cc(-c4ccc5nc(C6C7CCC(C7)N6CO)[nH]c5c4)ccc2-3)[nH]1)C(C)C. The number of halogens is 2. The third-order valence-corrected chi connectivity index (χ3v) is 13.4. The van der Waals surface area contributed by atoms with E-state index in [9.17, 15) is 14.7 Å². The topological polar surface area (TPSA) is 139 Å². The first kappa shape index (κ1) is 35.3. The van der Waals surface area contributed by atoms with Gasteiger partial charge in [-0.15, -0.1) is 0 Å². The molecule has 4 heterocycles. The van der Waals surface area contributed by atoms with E-state index in [1.54, 1.807) is 30.5 Å². The van der Waals surface area contributed by atoms with E-state index in [1.807, 2.05) is 49.1 Å². The molecular weight excluding hydrogens is 717 g/mol. The number of H-pyrrole nitrogens is 2. The molecule has 5 atom stereocenters. The van der Waals surface area contributed by atoms with Crippen LogP contribution in [-0.2, 0) is 15.5 Å². The molecule has 11 nitrogen and oxygen atoms in total. The van der Waals surface area contributed by atoms with Gasteiger partial charge in [-0.05, 0) is 102 Å². The highest BCUT2D eigenvalue weighted by Gasteiger charge is 2.55. The van der Waals surface area contributed by atoms with Crippen molar-refractivity contribution in [3.8, 4) is 33.5 Å². The third kappa shape index (κ3) is 5.48. The average Bonchev–Trinajstić information content (AvgIpc) is 3.85. The Morgan fingerprint density at radius 1 is 0.982 bits per heavy atom. The van der Waals surface area contributed by atoms with Crippen molar-refractivity contribution >= 4 is 23.0 Å². The molecule has 3 aliphatic carbocycles. The molecule has 2 aliphatic heterocycles. The number of nitrogens with one attached hydrogen (secondary N) is 3. The number of rotatable bonds is 8. The van der Waals surface area contributed by atoms with E-state index in [4.69, 9.17) is 14.7 Å². The number of aliphatic hydroxyl groups is 1. The average molecular weight is 762 g/mol. The highest BCUT2D eigenvalue weighted by molar-refractivity contribution is 5.88. The molecule has 10 rings (SSSR count). The minimum Gasteiger partial charge on any atom is -0.453 e.